The van der Waals surface area contributed by atoms with Crippen molar-refractivity contribution in [2.45, 2.75) is 0 Å². The van der Waals surface area contributed by atoms with Crippen LogP contribution in [-0.2, 0) is 21.7 Å². The van der Waals surface area contributed by atoms with E-state index in [4.69, 9.17) is 15.3 Å². The summed E-state index contributed by atoms with van der Waals surface area (Å²) in [5.74, 6) is 0. The zero-order valence-corrected chi connectivity index (χ0v) is 15.5. The summed E-state index contributed by atoms with van der Waals surface area (Å²) in [5.41, 5.74) is 0. The molecule has 0 aliphatic carbocycles. The minimum Gasteiger partial charge on any atom is -0.660 e. The molecule has 1 saturated heterocycles. The Balaban J connectivity index is -0.0000000258. The van der Waals surface area contributed by atoms with Crippen LogP contribution in [0.15, 0.2) is 0 Å². The van der Waals surface area contributed by atoms with E-state index < -0.39 is 0 Å². The first-order valence-electron chi connectivity index (χ1n) is 4.89. The first kappa shape index (κ1) is 42.7. The molecule has 19 heavy (non-hydrogen) atoms. The number of halogens is 2. The molecular weight excluding hydrogens is 329 g/mol. The second-order valence-electron chi connectivity index (χ2n) is 2.17. The molecule has 0 unspecified atom stereocenters. The van der Waals surface area contributed by atoms with Crippen LogP contribution in [0.25, 0.3) is 5.32 Å². The first-order chi connectivity index (χ1) is 7.50. The molecule has 0 saturated carbocycles. The van der Waals surface area contributed by atoms with Gasteiger partial charge < -0.3 is 38.7 Å². The minimum atomic E-state index is 0. The largest absolute Gasteiger partial charge is 2.00 e. The fraction of sp³-hybridized carbons (Fsp3) is 0.900. The van der Waals surface area contributed by atoms with E-state index in [0.29, 0.717) is 0 Å². The van der Waals surface area contributed by atoms with Gasteiger partial charge >= 0.3 is 21.7 Å². The van der Waals surface area contributed by atoms with E-state index in [1.807, 2.05) is 0 Å². The van der Waals surface area contributed by atoms with Crippen LogP contribution in [-0.4, -0.2) is 75.9 Å². The van der Waals surface area contributed by atoms with Crippen LogP contribution in [0.3, 0.4) is 0 Å². The molecule has 0 radical (unpaired) electrons. The van der Waals surface area contributed by atoms with Crippen molar-refractivity contribution in [2.75, 3.05) is 60.6 Å². The van der Waals surface area contributed by atoms with Crippen LogP contribution < -0.4 is 10.6 Å². The molecular formula is C10H31Cl2N3O3Ti. The SMILES string of the molecule is C1CNCCNCC[N-]1.CO.CO.CO.Cl.Cl.[CH3-].[Ti+2]. The summed E-state index contributed by atoms with van der Waals surface area (Å²) in [4.78, 5) is 0. The third-order valence-corrected chi connectivity index (χ3v) is 1.37. The van der Waals surface area contributed by atoms with Crippen molar-refractivity contribution < 1.29 is 37.0 Å². The molecule has 1 aliphatic rings. The maximum atomic E-state index is 7.00. The van der Waals surface area contributed by atoms with Gasteiger partial charge in [-0.1, -0.05) is 0 Å². The average Bonchev–Trinajstić information content (AvgIpc) is 2.52. The Hall–Kier alpha value is 1.05. The predicted octanol–water partition coefficient (Wildman–Crippen LogP) is -0.330. The quantitative estimate of drug-likeness (QED) is 0.301. The second kappa shape index (κ2) is 61.4. The van der Waals surface area contributed by atoms with Gasteiger partial charge in [0.1, 0.15) is 0 Å². The van der Waals surface area contributed by atoms with Gasteiger partial charge in [-0.25, -0.2) is 0 Å². The molecule has 1 heterocycles. The van der Waals surface area contributed by atoms with Crippen LogP contribution in [0.5, 0.6) is 0 Å². The van der Waals surface area contributed by atoms with Crippen molar-refractivity contribution in [1.82, 2.24) is 10.6 Å². The Morgan fingerprint density at radius 2 is 0.947 bits per heavy atom. The molecule has 0 aromatic carbocycles. The van der Waals surface area contributed by atoms with Crippen molar-refractivity contribution in [3.63, 3.8) is 0 Å². The molecule has 5 N–H and O–H groups in total. The maximum absolute atomic E-state index is 7.00. The molecule has 0 bridgehead atoms. The van der Waals surface area contributed by atoms with Crippen LogP contribution in [0, 0.1) is 7.43 Å². The van der Waals surface area contributed by atoms with Gasteiger partial charge in [0.05, 0.1) is 0 Å². The second-order valence-corrected chi connectivity index (χ2v) is 2.17. The standard InChI is InChI=1S/C6H14N3.3CH4O.CH3.2ClH.Ti/c1-2-8-5-6-9-4-3-7-1;3*1-2;;;;/h7-8H,1-6H2;3*2H,1H3;1H3;2*1H;/q-1;;;;-1;;;+2. The monoisotopic (exact) mass is 359 g/mol. The van der Waals surface area contributed by atoms with Gasteiger partial charge in [-0.3, -0.25) is 0 Å². The van der Waals surface area contributed by atoms with E-state index in [2.05, 4.69) is 16.0 Å². The number of rotatable bonds is 0. The van der Waals surface area contributed by atoms with Crippen molar-refractivity contribution in [1.29, 1.82) is 0 Å². The number of nitrogens with zero attached hydrogens (tertiary/aromatic N) is 1. The van der Waals surface area contributed by atoms with Gasteiger partial charge in [0.15, 0.2) is 0 Å². The number of aliphatic hydroxyl groups is 3. The topological polar surface area (TPSA) is 98.9 Å². The predicted molar refractivity (Wildman–Crippen MR) is 84.2 cm³/mol. The molecule has 0 amide bonds. The summed E-state index contributed by atoms with van der Waals surface area (Å²) < 4.78 is 0. The van der Waals surface area contributed by atoms with Gasteiger partial charge in [0.25, 0.3) is 0 Å². The van der Waals surface area contributed by atoms with Crippen molar-refractivity contribution in [3.8, 4) is 0 Å². The van der Waals surface area contributed by atoms with Crippen molar-refractivity contribution in [2.24, 2.45) is 0 Å². The van der Waals surface area contributed by atoms with Crippen molar-refractivity contribution >= 4 is 24.8 Å². The van der Waals surface area contributed by atoms with E-state index >= 15 is 0 Å². The zero-order chi connectivity index (χ0) is 12.4. The molecule has 1 rings (SSSR count). The van der Waals surface area contributed by atoms with Crippen molar-refractivity contribution in [3.05, 3.63) is 12.7 Å². The molecule has 0 aromatic heterocycles. The van der Waals surface area contributed by atoms with Crippen LogP contribution >= 0.6 is 24.8 Å². The Labute approximate surface area is 145 Å². The molecule has 1 aliphatic heterocycles. The summed E-state index contributed by atoms with van der Waals surface area (Å²) in [6.45, 7) is 6.19. The fourth-order valence-corrected chi connectivity index (χ4v) is 0.855. The zero-order valence-electron chi connectivity index (χ0n) is 12.3. The number of hydrogen-bond acceptors (Lipinski definition) is 5. The summed E-state index contributed by atoms with van der Waals surface area (Å²) in [5, 5.41) is 31.8. The molecule has 6 nitrogen and oxygen atoms in total. The van der Waals surface area contributed by atoms with Crippen LogP contribution in [0.2, 0.25) is 0 Å². The van der Waals surface area contributed by atoms with Crippen LogP contribution in [0.4, 0.5) is 0 Å². The smallest absolute Gasteiger partial charge is 0.660 e. The molecule has 122 valence electrons. The summed E-state index contributed by atoms with van der Waals surface area (Å²) in [7, 11) is 3.00. The van der Waals surface area contributed by atoms with E-state index in [1.165, 1.54) is 0 Å². The molecule has 9 heteroatoms. The number of aliphatic hydroxyl groups excluding tert-OH is 3. The van der Waals surface area contributed by atoms with Gasteiger partial charge in [-0.2, -0.15) is 0 Å². The minimum absolute atomic E-state index is 0. The van der Waals surface area contributed by atoms with E-state index in [0.717, 1.165) is 60.6 Å². The maximum Gasteiger partial charge on any atom is 2.00 e. The van der Waals surface area contributed by atoms with E-state index in [-0.39, 0.29) is 54.0 Å². The van der Waals surface area contributed by atoms with Crippen LogP contribution in [0.1, 0.15) is 0 Å². The van der Waals surface area contributed by atoms with Gasteiger partial charge in [0.2, 0.25) is 0 Å². The summed E-state index contributed by atoms with van der Waals surface area (Å²) in [6, 6.07) is 0. The molecule has 0 spiro atoms. The Morgan fingerprint density at radius 1 is 0.684 bits per heavy atom. The third kappa shape index (κ3) is 54.8. The third-order valence-electron chi connectivity index (χ3n) is 1.37. The fourth-order valence-electron chi connectivity index (χ4n) is 0.855. The van der Waals surface area contributed by atoms with Gasteiger partial charge in [-0.05, 0) is 13.1 Å². The summed E-state index contributed by atoms with van der Waals surface area (Å²) >= 11 is 0. The normalized spacial score (nSPS) is 12.3. The van der Waals surface area contributed by atoms with E-state index in [9.17, 15) is 0 Å². The molecule has 1 fully saturated rings. The number of hydrogen-bond donors (Lipinski definition) is 5. The average molecular weight is 360 g/mol. The summed E-state index contributed by atoms with van der Waals surface area (Å²) in [6.07, 6.45) is 0. The Morgan fingerprint density at radius 3 is 1.21 bits per heavy atom. The first-order valence-corrected chi connectivity index (χ1v) is 4.89. The molecule has 0 aromatic rings. The van der Waals surface area contributed by atoms with Gasteiger partial charge in [-0.15, -0.1) is 37.9 Å². The Bertz CT molecular complexity index is 64.5. The Kier molecular flexibility index (Phi) is 138. The van der Waals surface area contributed by atoms with Gasteiger partial charge in [0, 0.05) is 34.4 Å². The molecule has 0 atom stereocenters. The number of nitrogens with one attached hydrogen (secondary N) is 2. The van der Waals surface area contributed by atoms with E-state index in [1.54, 1.807) is 0 Å².